The number of carbonyl (C=O) groups is 1. The van der Waals surface area contributed by atoms with E-state index in [9.17, 15) is 4.79 Å². The van der Waals surface area contributed by atoms with Crippen LogP contribution in [0.4, 0.5) is 0 Å². The van der Waals surface area contributed by atoms with Crippen LogP contribution >= 0.6 is 0 Å². The van der Waals surface area contributed by atoms with Crippen molar-refractivity contribution >= 4 is 5.78 Å². The standard InChI is InChI=1S/C19H20O2/c1-3-7-17(15-8-5-4-6-9-15)14-19(20)16-10-12-18(21-2)13-11-16/h3-6,8-13,17H,1,7,14H2,2H3. The topological polar surface area (TPSA) is 26.3 Å². The van der Waals surface area contributed by atoms with Crippen molar-refractivity contribution in [2.24, 2.45) is 0 Å². The first-order valence-corrected chi connectivity index (χ1v) is 7.07. The molecule has 2 aromatic carbocycles. The normalized spacial score (nSPS) is 11.7. The number of Topliss-reactive ketones (excluding diaryl/α,β-unsaturated/α-hetero) is 1. The summed E-state index contributed by atoms with van der Waals surface area (Å²) < 4.78 is 5.11. The van der Waals surface area contributed by atoms with Gasteiger partial charge in [-0.25, -0.2) is 0 Å². The minimum absolute atomic E-state index is 0.147. The predicted octanol–water partition coefficient (Wildman–Crippen LogP) is 4.63. The van der Waals surface area contributed by atoms with E-state index < -0.39 is 0 Å². The zero-order valence-electron chi connectivity index (χ0n) is 12.3. The molecular formula is C19H20O2. The molecule has 0 saturated heterocycles. The molecule has 0 radical (unpaired) electrons. The molecule has 1 unspecified atom stereocenters. The van der Waals surface area contributed by atoms with Gasteiger partial charge in [0, 0.05) is 12.0 Å². The minimum Gasteiger partial charge on any atom is -0.497 e. The first kappa shape index (κ1) is 15.0. The van der Waals surface area contributed by atoms with Gasteiger partial charge in [0.2, 0.25) is 0 Å². The summed E-state index contributed by atoms with van der Waals surface area (Å²) in [6, 6.07) is 17.4. The third kappa shape index (κ3) is 4.06. The quantitative estimate of drug-likeness (QED) is 0.546. The van der Waals surface area contributed by atoms with Gasteiger partial charge < -0.3 is 4.74 Å². The van der Waals surface area contributed by atoms with Gasteiger partial charge in [-0.3, -0.25) is 4.79 Å². The lowest BCUT2D eigenvalue weighted by molar-refractivity contribution is 0.0973. The monoisotopic (exact) mass is 280 g/mol. The van der Waals surface area contributed by atoms with Gasteiger partial charge in [0.25, 0.3) is 0 Å². The zero-order valence-corrected chi connectivity index (χ0v) is 12.3. The van der Waals surface area contributed by atoms with Gasteiger partial charge in [-0.2, -0.15) is 0 Å². The fraction of sp³-hybridized carbons (Fsp3) is 0.211. The van der Waals surface area contributed by atoms with Crippen molar-refractivity contribution < 1.29 is 9.53 Å². The van der Waals surface area contributed by atoms with Gasteiger partial charge >= 0.3 is 0 Å². The fourth-order valence-electron chi connectivity index (χ4n) is 2.38. The van der Waals surface area contributed by atoms with Crippen LogP contribution in [0.15, 0.2) is 67.3 Å². The maximum absolute atomic E-state index is 12.4. The Morgan fingerprint density at radius 2 is 1.81 bits per heavy atom. The van der Waals surface area contributed by atoms with E-state index in [1.54, 1.807) is 7.11 Å². The number of carbonyl (C=O) groups excluding carboxylic acids is 1. The van der Waals surface area contributed by atoms with Gasteiger partial charge in [-0.1, -0.05) is 36.4 Å². The first-order valence-electron chi connectivity index (χ1n) is 7.07. The van der Waals surface area contributed by atoms with Crippen molar-refractivity contribution in [2.45, 2.75) is 18.8 Å². The highest BCUT2D eigenvalue weighted by atomic mass is 16.5. The molecule has 0 amide bonds. The second kappa shape index (κ2) is 7.44. The molecule has 108 valence electrons. The van der Waals surface area contributed by atoms with E-state index in [0.29, 0.717) is 6.42 Å². The molecule has 2 heteroatoms. The largest absolute Gasteiger partial charge is 0.497 e. The molecule has 2 aromatic rings. The summed E-state index contributed by atoms with van der Waals surface area (Å²) in [6.45, 7) is 3.80. The fourth-order valence-corrected chi connectivity index (χ4v) is 2.38. The van der Waals surface area contributed by atoms with Crippen LogP contribution < -0.4 is 4.74 Å². The highest BCUT2D eigenvalue weighted by Gasteiger charge is 2.16. The van der Waals surface area contributed by atoms with Crippen molar-refractivity contribution in [1.82, 2.24) is 0 Å². The average molecular weight is 280 g/mol. The molecule has 0 aliphatic carbocycles. The molecule has 2 nitrogen and oxygen atoms in total. The number of benzene rings is 2. The predicted molar refractivity (Wildman–Crippen MR) is 85.9 cm³/mol. The second-order valence-corrected chi connectivity index (χ2v) is 4.99. The SMILES string of the molecule is C=CCC(CC(=O)c1ccc(OC)cc1)c1ccccc1. The smallest absolute Gasteiger partial charge is 0.163 e. The van der Waals surface area contributed by atoms with E-state index in [0.717, 1.165) is 17.7 Å². The van der Waals surface area contributed by atoms with Crippen LogP contribution in [0.1, 0.15) is 34.7 Å². The van der Waals surface area contributed by atoms with Gasteiger partial charge in [-0.15, -0.1) is 6.58 Å². The van der Waals surface area contributed by atoms with E-state index in [2.05, 4.69) is 18.7 Å². The molecule has 0 aliphatic rings. The number of methoxy groups -OCH3 is 1. The highest BCUT2D eigenvalue weighted by molar-refractivity contribution is 5.96. The Hall–Kier alpha value is -2.35. The summed E-state index contributed by atoms with van der Waals surface area (Å²) in [4.78, 5) is 12.4. The van der Waals surface area contributed by atoms with Crippen LogP contribution in [0.3, 0.4) is 0 Å². The van der Waals surface area contributed by atoms with Gasteiger partial charge in [-0.05, 0) is 42.2 Å². The summed E-state index contributed by atoms with van der Waals surface area (Å²) in [5.74, 6) is 1.09. The first-order chi connectivity index (χ1) is 10.2. The maximum atomic E-state index is 12.4. The third-order valence-electron chi connectivity index (χ3n) is 3.57. The molecule has 0 heterocycles. The van der Waals surface area contributed by atoms with Crippen molar-refractivity contribution in [2.75, 3.05) is 7.11 Å². The number of rotatable bonds is 7. The Morgan fingerprint density at radius 3 is 2.38 bits per heavy atom. The number of hydrogen-bond donors (Lipinski definition) is 0. The Morgan fingerprint density at radius 1 is 1.14 bits per heavy atom. The molecule has 0 aliphatic heterocycles. The lowest BCUT2D eigenvalue weighted by Crippen LogP contribution is -2.07. The summed E-state index contributed by atoms with van der Waals surface area (Å²) >= 11 is 0. The second-order valence-electron chi connectivity index (χ2n) is 4.99. The van der Waals surface area contributed by atoms with Crippen LogP contribution in [-0.4, -0.2) is 12.9 Å². The van der Waals surface area contributed by atoms with Gasteiger partial charge in [0.05, 0.1) is 7.11 Å². The summed E-state index contributed by atoms with van der Waals surface area (Å²) in [7, 11) is 1.62. The lowest BCUT2D eigenvalue weighted by Gasteiger charge is -2.15. The molecule has 2 rings (SSSR count). The molecule has 0 bridgehead atoms. The van der Waals surface area contributed by atoms with Crippen LogP contribution in [-0.2, 0) is 0 Å². The van der Waals surface area contributed by atoms with Gasteiger partial charge in [0.15, 0.2) is 5.78 Å². The van der Waals surface area contributed by atoms with Crippen molar-refractivity contribution in [3.8, 4) is 5.75 Å². The van der Waals surface area contributed by atoms with Crippen molar-refractivity contribution in [3.63, 3.8) is 0 Å². The maximum Gasteiger partial charge on any atom is 0.163 e. The average Bonchev–Trinajstić information content (AvgIpc) is 2.55. The van der Waals surface area contributed by atoms with Crippen LogP contribution in [0, 0.1) is 0 Å². The molecule has 0 spiro atoms. The number of ketones is 1. The van der Waals surface area contributed by atoms with E-state index in [-0.39, 0.29) is 11.7 Å². The van der Waals surface area contributed by atoms with Crippen LogP contribution in [0.5, 0.6) is 5.75 Å². The molecule has 0 N–H and O–H groups in total. The van der Waals surface area contributed by atoms with Gasteiger partial charge in [0.1, 0.15) is 5.75 Å². The summed E-state index contributed by atoms with van der Waals surface area (Å²) in [5, 5.41) is 0. The lowest BCUT2D eigenvalue weighted by atomic mass is 9.89. The highest BCUT2D eigenvalue weighted by Crippen LogP contribution is 2.26. The summed E-state index contributed by atoms with van der Waals surface area (Å²) in [6.07, 6.45) is 3.16. The number of ether oxygens (including phenoxy) is 1. The van der Waals surface area contributed by atoms with Crippen molar-refractivity contribution in [3.05, 3.63) is 78.4 Å². The van der Waals surface area contributed by atoms with E-state index in [1.807, 2.05) is 48.5 Å². The minimum atomic E-state index is 0.147. The van der Waals surface area contributed by atoms with E-state index >= 15 is 0 Å². The van der Waals surface area contributed by atoms with E-state index in [1.165, 1.54) is 5.56 Å². The molecule has 21 heavy (non-hydrogen) atoms. The van der Waals surface area contributed by atoms with Crippen LogP contribution in [0.2, 0.25) is 0 Å². The van der Waals surface area contributed by atoms with E-state index in [4.69, 9.17) is 4.74 Å². The van der Waals surface area contributed by atoms with Crippen molar-refractivity contribution in [1.29, 1.82) is 0 Å². The summed E-state index contributed by atoms with van der Waals surface area (Å²) in [5.41, 5.74) is 1.90. The van der Waals surface area contributed by atoms with Crippen LogP contribution in [0.25, 0.3) is 0 Å². The molecule has 0 fully saturated rings. The number of hydrogen-bond acceptors (Lipinski definition) is 2. The number of allylic oxidation sites excluding steroid dienone is 1. The Balaban J connectivity index is 2.12. The molecule has 0 saturated carbocycles. The zero-order chi connectivity index (χ0) is 15.1. The Kier molecular flexibility index (Phi) is 5.33. The molecular weight excluding hydrogens is 260 g/mol. The Labute approximate surface area is 126 Å². The molecule has 0 aromatic heterocycles. The molecule has 1 atom stereocenters. The Bertz CT molecular complexity index is 585. The third-order valence-corrected chi connectivity index (χ3v) is 3.57.